The molecule has 170 valence electrons. The monoisotopic (exact) mass is 455 g/mol. The van der Waals surface area contributed by atoms with Crippen LogP contribution >= 0.6 is 12.2 Å². The number of thiocarbonyl (C=S) groups is 1. The molecular weight excluding hydrogens is 426 g/mol. The first-order valence-electron chi connectivity index (χ1n) is 10.6. The lowest BCUT2D eigenvalue weighted by molar-refractivity contribution is -0.150. The van der Waals surface area contributed by atoms with Gasteiger partial charge in [-0.2, -0.15) is 0 Å². The molecule has 1 amide bonds. The minimum absolute atomic E-state index is 0.143. The van der Waals surface area contributed by atoms with Crippen molar-refractivity contribution < 1.29 is 19.0 Å². The maximum absolute atomic E-state index is 13.8. The molecule has 2 N–H and O–H groups in total. The number of amides is 1. The van der Waals surface area contributed by atoms with E-state index in [9.17, 15) is 4.79 Å². The van der Waals surface area contributed by atoms with E-state index in [4.69, 9.17) is 26.4 Å². The zero-order valence-corrected chi connectivity index (χ0v) is 19.8. The van der Waals surface area contributed by atoms with E-state index in [1.807, 2.05) is 62.1 Å². The lowest BCUT2D eigenvalue weighted by Crippen LogP contribution is -2.72. The van der Waals surface area contributed by atoms with Gasteiger partial charge in [-0.25, -0.2) is 0 Å². The fourth-order valence-corrected chi connectivity index (χ4v) is 5.03. The summed E-state index contributed by atoms with van der Waals surface area (Å²) in [6.45, 7) is 6.88. The summed E-state index contributed by atoms with van der Waals surface area (Å²) in [5.74, 6) is 0.673. The molecule has 32 heavy (non-hydrogen) atoms. The van der Waals surface area contributed by atoms with Gasteiger partial charge in [0.2, 0.25) is 5.91 Å². The number of ether oxygens (including phenoxy) is 3. The van der Waals surface area contributed by atoms with Crippen molar-refractivity contribution in [2.75, 3.05) is 32.7 Å². The number of hydrogen-bond donors (Lipinski definition) is 2. The van der Waals surface area contributed by atoms with Crippen molar-refractivity contribution in [1.82, 2.24) is 10.2 Å². The SMILES string of the molecule is COCCN1C(=S)NC2c3cc(OC)ccc3OC1(C)C2C(=O)Nc1ccc(C)cc1C. The van der Waals surface area contributed by atoms with E-state index in [1.54, 1.807) is 14.2 Å². The van der Waals surface area contributed by atoms with Gasteiger partial charge in [-0.15, -0.1) is 0 Å². The molecule has 7 nitrogen and oxygen atoms in total. The Balaban J connectivity index is 1.77. The van der Waals surface area contributed by atoms with Crippen LogP contribution in [0, 0.1) is 19.8 Å². The molecule has 2 bridgehead atoms. The number of methoxy groups -OCH3 is 2. The third-order valence-electron chi connectivity index (χ3n) is 6.28. The second-order valence-electron chi connectivity index (χ2n) is 8.42. The number of carbonyl (C=O) groups excluding carboxylic acids is 1. The van der Waals surface area contributed by atoms with E-state index < -0.39 is 11.6 Å². The standard InChI is InChI=1S/C24H29N3O4S/c1-14-6-8-18(15(2)12-14)25-22(28)20-21-17-13-16(30-5)7-9-19(17)31-24(20,3)27(10-11-29-4)23(32)26-21/h6-9,12-13,20-21H,10-11H2,1-5H3,(H,25,28)(H,26,32). The first kappa shape index (κ1) is 22.4. The Labute approximate surface area is 194 Å². The van der Waals surface area contributed by atoms with Gasteiger partial charge in [0, 0.05) is 24.9 Å². The van der Waals surface area contributed by atoms with Crippen LogP contribution in [0.5, 0.6) is 11.5 Å². The molecular formula is C24H29N3O4S. The molecule has 0 radical (unpaired) electrons. The van der Waals surface area contributed by atoms with Crippen molar-refractivity contribution in [3.05, 3.63) is 53.1 Å². The molecule has 1 fully saturated rings. The quantitative estimate of drug-likeness (QED) is 0.646. The van der Waals surface area contributed by atoms with Crippen molar-refractivity contribution in [2.45, 2.75) is 32.5 Å². The molecule has 3 atom stereocenters. The van der Waals surface area contributed by atoms with E-state index >= 15 is 0 Å². The summed E-state index contributed by atoms with van der Waals surface area (Å²) in [4.78, 5) is 15.7. The molecule has 2 aromatic carbocycles. The second kappa shape index (κ2) is 8.60. The van der Waals surface area contributed by atoms with E-state index in [-0.39, 0.29) is 11.9 Å². The van der Waals surface area contributed by atoms with Crippen molar-refractivity contribution in [3.8, 4) is 11.5 Å². The zero-order valence-electron chi connectivity index (χ0n) is 19.0. The van der Waals surface area contributed by atoms with Crippen molar-refractivity contribution in [1.29, 1.82) is 0 Å². The molecule has 2 aliphatic heterocycles. The Morgan fingerprint density at radius 1 is 1.25 bits per heavy atom. The minimum Gasteiger partial charge on any atom is -0.497 e. The molecule has 3 unspecified atom stereocenters. The van der Waals surface area contributed by atoms with Crippen LogP contribution in [0.4, 0.5) is 5.69 Å². The highest BCUT2D eigenvalue weighted by molar-refractivity contribution is 7.80. The number of rotatable bonds is 6. The van der Waals surface area contributed by atoms with E-state index in [1.165, 1.54) is 0 Å². The first-order valence-corrected chi connectivity index (χ1v) is 11.0. The summed E-state index contributed by atoms with van der Waals surface area (Å²) in [5, 5.41) is 7.03. The van der Waals surface area contributed by atoms with Gasteiger partial charge < -0.3 is 29.7 Å². The summed E-state index contributed by atoms with van der Waals surface area (Å²) in [6.07, 6.45) is 0. The number of nitrogens with zero attached hydrogens (tertiary/aromatic N) is 1. The maximum atomic E-state index is 13.8. The van der Waals surface area contributed by atoms with Gasteiger partial charge in [0.05, 0.1) is 19.8 Å². The molecule has 2 aromatic rings. The van der Waals surface area contributed by atoms with Crippen molar-refractivity contribution in [3.63, 3.8) is 0 Å². The summed E-state index contributed by atoms with van der Waals surface area (Å²) in [5.41, 5.74) is 2.79. The first-order chi connectivity index (χ1) is 15.3. The molecule has 2 heterocycles. The fraction of sp³-hybridized carbons (Fsp3) is 0.417. The molecule has 1 saturated heterocycles. The van der Waals surface area contributed by atoms with Crippen LogP contribution in [0.2, 0.25) is 0 Å². The van der Waals surface area contributed by atoms with Crippen molar-refractivity contribution in [2.24, 2.45) is 5.92 Å². The molecule has 2 aliphatic rings. The van der Waals surface area contributed by atoms with Crippen LogP contribution in [0.1, 0.15) is 29.7 Å². The molecule has 0 aliphatic carbocycles. The van der Waals surface area contributed by atoms with Gasteiger partial charge in [0.15, 0.2) is 10.8 Å². The minimum atomic E-state index is -0.990. The van der Waals surface area contributed by atoms with Crippen LogP contribution < -0.4 is 20.1 Å². The lowest BCUT2D eigenvalue weighted by Gasteiger charge is -2.56. The van der Waals surface area contributed by atoms with Gasteiger partial charge in [-0.3, -0.25) is 4.79 Å². The van der Waals surface area contributed by atoms with Gasteiger partial charge >= 0.3 is 0 Å². The Kier molecular flexibility index (Phi) is 6.01. The number of aryl methyl sites for hydroxylation is 2. The number of hydrogen-bond acceptors (Lipinski definition) is 5. The maximum Gasteiger partial charge on any atom is 0.236 e. The predicted molar refractivity (Wildman–Crippen MR) is 127 cm³/mol. The van der Waals surface area contributed by atoms with Crippen LogP contribution in [0.3, 0.4) is 0 Å². The van der Waals surface area contributed by atoms with Crippen LogP contribution in [-0.4, -0.2) is 49.0 Å². The van der Waals surface area contributed by atoms with E-state index in [0.717, 1.165) is 22.4 Å². The van der Waals surface area contributed by atoms with Gasteiger partial charge in [-0.1, -0.05) is 17.7 Å². The Morgan fingerprint density at radius 2 is 2.03 bits per heavy atom. The number of fused-ring (bicyclic) bond motifs is 4. The summed E-state index contributed by atoms with van der Waals surface area (Å²) < 4.78 is 17.2. The third kappa shape index (κ3) is 3.78. The van der Waals surface area contributed by atoms with Gasteiger partial charge in [0.25, 0.3) is 0 Å². The highest BCUT2D eigenvalue weighted by atomic mass is 32.1. The lowest BCUT2D eigenvalue weighted by atomic mass is 9.78. The summed E-state index contributed by atoms with van der Waals surface area (Å²) >= 11 is 5.68. The number of benzene rings is 2. The average Bonchev–Trinajstić information content (AvgIpc) is 2.75. The fourth-order valence-electron chi connectivity index (χ4n) is 4.63. The normalized spacial score (nSPS) is 23.7. The summed E-state index contributed by atoms with van der Waals surface area (Å²) in [6, 6.07) is 11.2. The van der Waals surface area contributed by atoms with Crippen LogP contribution in [-0.2, 0) is 9.53 Å². The molecule has 8 heteroatoms. The number of nitrogens with one attached hydrogen (secondary N) is 2. The summed E-state index contributed by atoms with van der Waals surface area (Å²) in [7, 11) is 3.25. The van der Waals surface area contributed by atoms with Gasteiger partial charge in [0.1, 0.15) is 17.4 Å². The average molecular weight is 456 g/mol. The smallest absolute Gasteiger partial charge is 0.236 e. The van der Waals surface area contributed by atoms with Gasteiger partial charge in [-0.05, 0) is 62.8 Å². The molecule has 0 spiro atoms. The van der Waals surface area contributed by atoms with E-state index in [0.29, 0.717) is 29.8 Å². The predicted octanol–water partition coefficient (Wildman–Crippen LogP) is 3.55. The Hall–Kier alpha value is -2.84. The number of carbonyl (C=O) groups is 1. The van der Waals surface area contributed by atoms with Crippen LogP contribution in [0.15, 0.2) is 36.4 Å². The zero-order chi connectivity index (χ0) is 23.0. The van der Waals surface area contributed by atoms with Crippen LogP contribution in [0.25, 0.3) is 0 Å². The molecule has 0 saturated carbocycles. The molecule has 0 aromatic heterocycles. The molecule has 4 rings (SSSR count). The van der Waals surface area contributed by atoms with E-state index in [2.05, 4.69) is 10.6 Å². The highest BCUT2D eigenvalue weighted by Gasteiger charge is 2.58. The topological polar surface area (TPSA) is 72.1 Å². The largest absolute Gasteiger partial charge is 0.497 e. The Morgan fingerprint density at radius 3 is 2.72 bits per heavy atom. The Bertz CT molecular complexity index is 1060. The highest BCUT2D eigenvalue weighted by Crippen LogP contribution is 2.49. The second-order valence-corrected chi connectivity index (χ2v) is 8.80. The van der Waals surface area contributed by atoms with Crippen molar-refractivity contribution >= 4 is 28.9 Å². The number of anilines is 1. The third-order valence-corrected chi connectivity index (χ3v) is 6.62.